The van der Waals surface area contributed by atoms with Gasteiger partial charge in [0.15, 0.2) is 5.78 Å². The van der Waals surface area contributed by atoms with E-state index in [4.69, 9.17) is 9.94 Å². The highest BCUT2D eigenvalue weighted by molar-refractivity contribution is 5.93. The van der Waals surface area contributed by atoms with Crippen LogP contribution in [-0.4, -0.2) is 16.0 Å². The molecule has 1 aromatic heterocycles. The fourth-order valence-electron chi connectivity index (χ4n) is 1.51. The third-order valence-electron chi connectivity index (χ3n) is 2.61. The van der Waals surface area contributed by atoms with Crippen molar-refractivity contribution >= 4 is 11.5 Å². The Bertz CT molecular complexity index is 550. The summed E-state index contributed by atoms with van der Waals surface area (Å²) in [6, 6.07) is 10.5. The molecule has 0 radical (unpaired) electrons. The number of hydrogen-bond acceptors (Lipinski definition) is 5. The van der Waals surface area contributed by atoms with Crippen molar-refractivity contribution in [1.82, 2.24) is 4.98 Å². The van der Waals surface area contributed by atoms with Crippen molar-refractivity contribution in [2.75, 3.05) is 5.48 Å². The normalized spacial score (nSPS) is 10.0. The summed E-state index contributed by atoms with van der Waals surface area (Å²) in [4.78, 5) is 15.1. The minimum atomic E-state index is -0.0221. The molecule has 0 aliphatic heterocycles. The minimum absolute atomic E-state index is 0.0221. The molecule has 0 atom stereocenters. The van der Waals surface area contributed by atoms with Crippen LogP contribution in [0.2, 0.25) is 0 Å². The number of carbonyl (C=O) groups excluding carboxylic acids is 1. The smallest absolute Gasteiger partial charge is 0.213 e. The van der Waals surface area contributed by atoms with Gasteiger partial charge in [0.25, 0.3) is 0 Å². The van der Waals surface area contributed by atoms with Gasteiger partial charge in [0, 0.05) is 17.8 Å². The molecule has 0 saturated heterocycles. The molecule has 0 saturated carbocycles. The van der Waals surface area contributed by atoms with Gasteiger partial charge in [-0.05, 0) is 30.7 Å². The lowest BCUT2D eigenvalue weighted by Gasteiger charge is -2.06. The maximum Gasteiger partial charge on any atom is 0.213 e. The fraction of sp³-hybridized carbons (Fsp3) is 0.143. The van der Waals surface area contributed by atoms with E-state index in [1.165, 1.54) is 13.1 Å². The third kappa shape index (κ3) is 3.53. The highest BCUT2D eigenvalue weighted by atomic mass is 16.5. The van der Waals surface area contributed by atoms with Gasteiger partial charge in [-0.25, -0.2) is 4.98 Å². The monoisotopic (exact) mass is 258 g/mol. The topological polar surface area (TPSA) is 71.5 Å². The lowest BCUT2D eigenvalue weighted by Crippen LogP contribution is -1.99. The number of aromatic nitrogens is 1. The van der Waals surface area contributed by atoms with Crippen LogP contribution in [0.1, 0.15) is 22.8 Å². The largest absolute Gasteiger partial charge is 0.473 e. The fourth-order valence-corrected chi connectivity index (χ4v) is 1.51. The summed E-state index contributed by atoms with van der Waals surface area (Å²) in [5, 5.41) is 8.69. The van der Waals surface area contributed by atoms with E-state index in [1.54, 1.807) is 24.3 Å². The first-order chi connectivity index (χ1) is 9.19. The van der Waals surface area contributed by atoms with E-state index < -0.39 is 0 Å². The number of nitrogens with one attached hydrogen (secondary N) is 1. The van der Waals surface area contributed by atoms with Gasteiger partial charge in [0.05, 0.1) is 5.69 Å². The summed E-state index contributed by atoms with van der Waals surface area (Å²) in [5.41, 5.74) is 4.19. The summed E-state index contributed by atoms with van der Waals surface area (Å²) in [5.74, 6) is 0.445. The molecule has 19 heavy (non-hydrogen) atoms. The van der Waals surface area contributed by atoms with Crippen LogP contribution in [0.4, 0.5) is 5.69 Å². The second-order valence-corrected chi connectivity index (χ2v) is 4.04. The van der Waals surface area contributed by atoms with Crippen LogP contribution < -0.4 is 10.2 Å². The predicted octanol–water partition coefficient (Wildman–Crippen LogP) is 2.66. The zero-order chi connectivity index (χ0) is 13.7. The van der Waals surface area contributed by atoms with E-state index in [0.717, 1.165) is 5.56 Å². The standard InChI is InChI=1S/C14H14N2O3/c1-10(17)12-4-7-14(15-8-12)19-9-11-2-5-13(16-18)6-3-11/h2-8,16,18H,9H2,1H3. The molecule has 2 rings (SSSR count). The molecule has 0 unspecified atom stereocenters. The van der Waals surface area contributed by atoms with E-state index in [9.17, 15) is 4.79 Å². The van der Waals surface area contributed by atoms with Gasteiger partial charge in [-0.1, -0.05) is 12.1 Å². The maximum absolute atomic E-state index is 11.1. The van der Waals surface area contributed by atoms with Gasteiger partial charge >= 0.3 is 0 Å². The summed E-state index contributed by atoms with van der Waals surface area (Å²) >= 11 is 0. The minimum Gasteiger partial charge on any atom is -0.473 e. The summed E-state index contributed by atoms with van der Waals surface area (Å²) in [6.07, 6.45) is 1.50. The van der Waals surface area contributed by atoms with E-state index in [0.29, 0.717) is 23.7 Å². The molecule has 0 fully saturated rings. The number of rotatable bonds is 5. The van der Waals surface area contributed by atoms with Gasteiger partial charge < -0.3 is 4.74 Å². The van der Waals surface area contributed by atoms with E-state index in [2.05, 4.69) is 10.5 Å². The molecule has 0 aliphatic rings. The Labute approximate surface area is 110 Å². The van der Waals surface area contributed by atoms with Crippen molar-refractivity contribution in [3.8, 4) is 5.88 Å². The van der Waals surface area contributed by atoms with Gasteiger partial charge in [-0.2, -0.15) is 0 Å². The lowest BCUT2D eigenvalue weighted by molar-refractivity contribution is 0.101. The first-order valence-electron chi connectivity index (χ1n) is 5.78. The van der Waals surface area contributed by atoms with E-state index in [-0.39, 0.29) is 5.78 Å². The predicted molar refractivity (Wildman–Crippen MR) is 70.4 cm³/mol. The third-order valence-corrected chi connectivity index (χ3v) is 2.61. The summed E-state index contributed by atoms with van der Waals surface area (Å²) in [6.45, 7) is 1.87. The number of nitrogens with zero attached hydrogens (tertiary/aromatic N) is 1. The molecule has 2 N–H and O–H groups in total. The maximum atomic E-state index is 11.1. The number of carbonyl (C=O) groups is 1. The van der Waals surface area contributed by atoms with E-state index >= 15 is 0 Å². The molecular weight excluding hydrogens is 244 g/mol. The molecule has 0 aliphatic carbocycles. The van der Waals surface area contributed by atoms with Gasteiger partial charge in [-0.15, -0.1) is 0 Å². The van der Waals surface area contributed by atoms with Crippen LogP contribution in [-0.2, 0) is 6.61 Å². The van der Waals surface area contributed by atoms with Crippen LogP contribution in [0.15, 0.2) is 42.6 Å². The highest BCUT2D eigenvalue weighted by Gasteiger charge is 2.01. The van der Waals surface area contributed by atoms with Crippen LogP contribution in [0, 0.1) is 0 Å². The quantitative estimate of drug-likeness (QED) is 0.637. The molecule has 5 nitrogen and oxygen atoms in total. The number of ketones is 1. The number of Topliss-reactive ketones (excluding diaryl/α,β-unsaturated/α-hetero) is 1. The van der Waals surface area contributed by atoms with Crippen molar-refractivity contribution in [3.05, 3.63) is 53.7 Å². The SMILES string of the molecule is CC(=O)c1ccc(OCc2ccc(NO)cc2)nc1. The van der Waals surface area contributed by atoms with Gasteiger partial charge in [0.1, 0.15) is 6.61 Å². The van der Waals surface area contributed by atoms with Gasteiger partial charge in [0.2, 0.25) is 5.88 Å². The second-order valence-electron chi connectivity index (χ2n) is 4.04. The number of ether oxygens (including phenoxy) is 1. The molecule has 98 valence electrons. The number of hydrogen-bond donors (Lipinski definition) is 2. The Balaban J connectivity index is 1.95. The highest BCUT2D eigenvalue weighted by Crippen LogP contribution is 2.13. The number of anilines is 1. The first kappa shape index (κ1) is 13.0. The Kier molecular flexibility index (Phi) is 4.10. The molecular formula is C14H14N2O3. The van der Waals surface area contributed by atoms with Crippen molar-refractivity contribution in [2.24, 2.45) is 0 Å². The lowest BCUT2D eigenvalue weighted by atomic mass is 10.2. The molecule has 1 heterocycles. The van der Waals surface area contributed by atoms with Crippen molar-refractivity contribution in [2.45, 2.75) is 13.5 Å². The van der Waals surface area contributed by atoms with E-state index in [1.807, 2.05) is 12.1 Å². The summed E-state index contributed by atoms with van der Waals surface area (Å²) < 4.78 is 5.49. The molecule has 0 bridgehead atoms. The Morgan fingerprint density at radius 1 is 1.26 bits per heavy atom. The molecule has 0 amide bonds. The average Bonchev–Trinajstić information content (AvgIpc) is 2.46. The van der Waals surface area contributed by atoms with Crippen molar-refractivity contribution in [3.63, 3.8) is 0 Å². The Morgan fingerprint density at radius 3 is 2.53 bits per heavy atom. The average molecular weight is 258 g/mol. The van der Waals surface area contributed by atoms with Crippen LogP contribution in [0.3, 0.4) is 0 Å². The van der Waals surface area contributed by atoms with Crippen molar-refractivity contribution < 1.29 is 14.7 Å². The summed E-state index contributed by atoms with van der Waals surface area (Å²) in [7, 11) is 0. The molecule has 5 heteroatoms. The molecule has 2 aromatic rings. The second kappa shape index (κ2) is 5.97. The van der Waals surface area contributed by atoms with Crippen LogP contribution in [0.25, 0.3) is 0 Å². The van der Waals surface area contributed by atoms with Crippen LogP contribution in [0.5, 0.6) is 5.88 Å². The van der Waals surface area contributed by atoms with Crippen molar-refractivity contribution in [1.29, 1.82) is 0 Å². The number of pyridine rings is 1. The van der Waals surface area contributed by atoms with Crippen LogP contribution >= 0.6 is 0 Å². The zero-order valence-corrected chi connectivity index (χ0v) is 10.5. The number of benzene rings is 1. The zero-order valence-electron chi connectivity index (χ0n) is 10.5. The molecule has 0 spiro atoms. The first-order valence-corrected chi connectivity index (χ1v) is 5.78. The Hall–Kier alpha value is -2.40. The molecule has 1 aromatic carbocycles. The van der Waals surface area contributed by atoms with Gasteiger partial charge in [-0.3, -0.25) is 15.5 Å². The Morgan fingerprint density at radius 2 is 2.00 bits per heavy atom.